The standard InChI is InChI=1S/C46H87NO5/c1-4-7-10-13-16-19-21-22-23-24-25-26-29-32-35-38-44(49)43(41-48)47-45(50)40-42(37-34-31-28-18-15-12-9-6-3)52-46(51)39-36-33-30-27-20-17-14-11-8-5-2/h11-12,14-15,42-44,48-49H,4-10,13,16-41H2,1-3H3,(H,47,50)/b14-11-,15-12-. The fourth-order valence-corrected chi connectivity index (χ4v) is 6.79. The van der Waals surface area contributed by atoms with Crippen molar-refractivity contribution in [3.63, 3.8) is 0 Å². The van der Waals surface area contributed by atoms with Crippen LogP contribution in [0.25, 0.3) is 0 Å². The summed E-state index contributed by atoms with van der Waals surface area (Å²) in [4.78, 5) is 25.8. The summed E-state index contributed by atoms with van der Waals surface area (Å²) in [5.74, 6) is -0.502. The summed E-state index contributed by atoms with van der Waals surface area (Å²) in [6.07, 6.45) is 43.9. The van der Waals surface area contributed by atoms with Crippen LogP contribution in [0.15, 0.2) is 24.3 Å². The number of rotatable bonds is 40. The topological polar surface area (TPSA) is 95.9 Å². The first-order chi connectivity index (χ1) is 25.5. The number of carbonyl (C=O) groups is 2. The van der Waals surface area contributed by atoms with E-state index in [1.807, 2.05) is 0 Å². The van der Waals surface area contributed by atoms with Crippen molar-refractivity contribution < 1.29 is 24.5 Å². The van der Waals surface area contributed by atoms with Crippen molar-refractivity contribution >= 4 is 11.9 Å². The average Bonchev–Trinajstić information content (AvgIpc) is 3.13. The first kappa shape index (κ1) is 50.3. The quantitative estimate of drug-likeness (QED) is 0.0331. The molecule has 3 unspecified atom stereocenters. The summed E-state index contributed by atoms with van der Waals surface area (Å²) in [6.45, 7) is 6.34. The highest BCUT2D eigenvalue weighted by atomic mass is 16.5. The van der Waals surface area contributed by atoms with E-state index in [0.29, 0.717) is 19.3 Å². The fraction of sp³-hybridized carbons (Fsp3) is 0.870. The summed E-state index contributed by atoms with van der Waals surface area (Å²) in [6, 6.07) is -0.701. The minimum atomic E-state index is -0.787. The third kappa shape index (κ3) is 35.4. The Kier molecular flexibility index (Phi) is 39.2. The van der Waals surface area contributed by atoms with E-state index in [9.17, 15) is 19.8 Å². The SMILES string of the molecule is CCC/C=C\CCCCCCCC(=O)OC(CCCCC/C=C\CCC)CC(=O)NC(CO)C(O)CCCCCCCCCCCCCCCCC. The van der Waals surface area contributed by atoms with Gasteiger partial charge < -0.3 is 20.3 Å². The number of aliphatic hydroxyl groups is 2. The molecule has 3 atom stereocenters. The minimum Gasteiger partial charge on any atom is -0.462 e. The second kappa shape index (κ2) is 40.5. The van der Waals surface area contributed by atoms with Crippen LogP contribution < -0.4 is 5.32 Å². The molecule has 0 aliphatic carbocycles. The zero-order valence-corrected chi connectivity index (χ0v) is 34.7. The minimum absolute atomic E-state index is 0.0653. The lowest BCUT2D eigenvalue weighted by molar-refractivity contribution is -0.151. The fourth-order valence-electron chi connectivity index (χ4n) is 6.79. The van der Waals surface area contributed by atoms with E-state index in [0.717, 1.165) is 83.5 Å². The van der Waals surface area contributed by atoms with Gasteiger partial charge in [-0.25, -0.2) is 0 Å². The highest BCUT2D eigenvalue weighted by Gasteiger charge is 2.24. The number of esters is 1. The van der Waals surface area contributed by atoms with E-state index >= 15 is 0 Å². The van der Waals surface area contributed by atoms with Crippen LogP contribution >= 0.6 is 0 Å². The van der Waals surface area contributed by atoms with Gasteiger partial charge in [-0.3, -0.25) is 9.59 Å². The molecule has 3 N–H and O–H groups in total. The Morgan fingerprint density at radius 3 is 1.46 bits per heavy atom. The van der Waals surface area contributed by atoms with Crippen molar-refractivity contribution in [3.8, 4) is 0 Å². The highest BCUT2D eigenvalue weighted by molar-refractivity contribution is 5.77. The van der Waals surface area contributed by atoms with Gasteiger partial charge in [-0.15, -0.1) is 0 Å². The molecule has 52 heavy (non-hydrogen) atoms. The van der Waals surface area contributed by atoms with Crippen LogP contribution in [0.3, 0.4) is 0 Å². The van der Waals surface area contributed by atoms with E-state index < -0.39 is 18.2 Å². The van der Waals surface area contributed by atoms with Crippen molar-refractivity contribution in [2.45, 2.75) is 251 Å². The maximum Gasteiger partial charge on any atom is 0.306 e. The number of hydrogen-bond donors (Lipinski definition) is 3. The summed E-state index contributed by atoms with van der Waals surface area (Å²) in [5.41, 5.74) is 0. The molecular weight excluding hydrogens is 647 g/mol. The molecule has 0 rings (SSSR count). The summed E-state index contributed by atoms with van der Waals surface area (Å²) in [7, 11) is 0. The molecule has 1 amide bonds. The van der Waals surface area contributed by atoms with Crippen LogP contribution in [-0.4, -0.2) is 46.9 Å². The molecule has 6 nitrogen and oxygen atoms in total. The monoisotopic (exact) mass is 734 g/mol. The van der Waals surface area contributed by atoms with Gasteiger partial charge in [0.2, 0.25) is 5.91 Å². The molecule has 0 bridgehead atoms. The third-order valence-corrected chi connectivity index (χ3v) is 10.2. The van der Waals surface area contributed by atoms with E-state index in [1.165, 1.54) is 103 Å². The van der Waals surface area contributed by atoms with Gasteiger partial charge in [0, 0.05) is 6.42 Å². The van der Waals surface area contributed by atoms with Gasteiger partial charge in [-0.05, 0) is 64.2 Å². The smallest absolute Gasteiger partial charge is 0.306 e. The number of nitrogens with one attached hydrogen (secondary N) is 1. The lowest BCUT2D eigenvalue weighted by Crippen LogP contribution is -2.46. The number of carbonyl (C=O) groups excluding carboxylic acids is 2. The number of allylic oxidation sites excluding steroid dienone is 4. The van der Waals surface area contributed by atoms with Crippen LogP contribution in [0.1, 0.15) is 233 Å². The predicted octanol–water partition coefficient (Wildman–Crippen LogP) is 12.8. The molecule has 0 aromatic heterocycles. The predicted molar refractivity (Wildman–Crippen MR) is 223 cm³/mol. The molecule has 0 aliphatic rings. The molecule has 6 heteroatoms. The Morgan fingerprint density at radius 1 is 0.538 bits per heavy atom. The van der Waals surface area contributed by atoms with Crippen LogP contribution in [0.5, 0.6) is 0 Å². The Hall–Kier alpha value is -1.66. The number of aliphatic hydroxyl groups excluding tert-OH is 2. The summed E-state index contributed by atoms with van der Waals surface area (Å²) in [5, 5.41) is 23.6. The molecule has 0 aliphatic heterocycles. The lowest BCUT2D eigenvalue weighted by Gasteiger charge is -2.24. The van der Waals surface area contributed by atoms with Crippen LogP contribution in [0.2, 0.25) is 0 Å². The maximum absolute atomic E-state index is 13.1. The summed E-state index contributed by atoms with van der Waals surface area (Å²) >= 11 is 0. The zero-order valence-electron chi connectivity index (χ0n) is 34.7. The number of hydrogen-bond acceptors (Lipinski definition) is 5. The molecule has 0 spiro atoms. The number of amides is 1. The molecule has 0 fully saturated rings. The van der Waals surface area contributed by atoms with Gasteiger partial charge in [0.25, 0.3) is 0 Å². The highest BCUT2D eigenvalue weighted by Crippen LogP contribution is 2.17. The van der Waals surface area contributed by atoms with E-state index in [4.69, 9.17) is 4.74 Å². The van der Waals surface area contributed by atoms with Crippen molar-refractivity contribution in [2.75, 3.05) is 6.61 Å². The van der Waals surface area contributed by atoms with Gasteiger partial charge >= 0.3 is 5.97 Å². The van der Waals surface area contributed by atoms with E-state index in [1.54, 1.807) is 0 Å². The number of ether oxygens (including phenoxy) is 1. The van der Waals surface area contributed by atoms with Crippen molar-refractivity contribution in [3.05, 3.63) is 24.3 Å². The van der Waals surface area contributed by atoms with Crippen molar-refractivity contribution in [2.24, 2.45) is 0 Å². The van der Waals surface area contributed by atoms with Crippen molar-refractivity contribution in [1.29, 1.82) is 0 Å². The van der Waals surface area contributed by atoms with Crippen LogP contribution in [-0.2, 0) is 14.3 Å². The molecule has 0 aromatic carbocycles. The molecule has 0 saturated carbocycles. The van der Waals surface area contributed by atoms with Gasteiger partial charge in [0.05, 0.1) is 25.2 Å². The summed E-state index contributed by atoms with van der Waals surface area (Å²) < 4.78 is 5.85. The Morgan fingerprint density at radius 2 is 0.962 bits per heavy atom. The molecule has 0 heterocycles. The van der Waals surface area contributed by atoms with Gasteiger partial charge in [0.15, 0.2) is 0 Å². The third-order valence-electron chi connectivity index (χ3n) is 10.2. The first-order valence-electron chi connectivity index (χ1n) is 22.6. The molecule has 306 valence electrons. The second-order valence-electron chi connectivity index (χ2n) is 15.4. The zero-order chi connectivity index (χ0) is 38.2. The van der Waals surface area contributed by atoms with Gasteiger partial charge in [-0.2, -0.15) is 0 Å². The van der Waals surface area contributed by atoms with E-state index in [-0.39, 0.29) is 24.9 Å². The van der Waals surface area contributed by atoms with E-state index in [2.05, 4.69) is 50.4 Å². The molecule has 0 saturated heterocycles. The largest absolute Gasteiger partial charge is 0.462 e. The van der Waals surface area contributed by atoms with Crippen LogP contribution in [0, 0.1) is 0 Å². The van der Waals surface area contributed by atoms with Crippen molar-refractivity contribution in [1.82, 2.24) is 5.32 Å². The molecule has 0 radical (unpaired) electrons. The molecular formula is C46H87NO5. The van der Waals surface area contributed by atoms with Crippen LogP contribution in [0.4, 0.5) is 0 Å². The lowest BCUT2D eigenvalue weighted by atomic mass is 10.0. The Bertz CT molecular complexity index is 828. The first-order valence-corrected chi connectivity index (χ1v) is 22.6. The van der Waals surface area contributed by atoms with Gasteiger partial charge in [-0.1, -0.05) is 180 Å². The Balaban J connectivity index is 4.44. The normalized spacial score (nSPS) is 13.6. The van der Waals surface area contributed by atoms with Gasteiger partial charge in [0.1, 0.15) is 6.10 Å². The average molecular weight is 734 g/mol. The number of unbranched alkanes of at least 4 members (excludes halogenated alkanes) is 24. The second-order valence-corrected chi connectivity index (χ2v) is 15.4. The Labute approximate surface area is 322 Å². The molecule has 0 aromatic rings. The maximum atomic E-state index is 13.1.